The topological polar surface area (TPSA) is 54.7 Å². The average Bonchev–Trinajstić information content (AvgIpc) is 2.98. The van der Waals surface area contributed by atoms with Crippen LogP contribution in [0.4, 0.5) is 0 Å². The molecule has 0 spiro atoms. The third-order valence-electron chi connectivity index (χ3n) is 3.46. The number of aryl methyl sites for hydroxylation is 1. The number of nitrogens with zero attached hydrogens (tertiary/aromatic N) is 1. The lowest BCUT2D eigenvalue weighted by Gasteiger charge is -2.19. The van der Waals surface area contributed by atoms with Crippen molar-refractivity contribution in [3.8, 4) is 0 Å². The van der Waals surface area contributed by atoms with E-state index in [1.807, 2.05) is 13.0 Å². The van der Waals surface area contributed by atoms with Gasteiger partial charge >= 0.3 is 5.97 Å². The number of likely N-dealkylation sites (N-methyl/N-ethyl adjacent to an activating group) is 1. The van der Waals surface area contributed by atoms with Gasteiger partial charge in [0.25, 0.3) is 0 Å². The fourth-order valence-corrected chi connectivity index (χ4v) is 2.54. The number of methoxy groups -OCH3 is 1. The number of nitrogens with one attached hydrogen (secondary N) is 1. The number of hydrogen-bond acceptors (Lipinski definition) is 5. The van der Waals surface area contributed by atoms with E-state index in [0.29, 0.717) is 18.3 Å². The molecule has 1 N–H and O–H groups in total. The summed E-state index contributed by atoms with van der Waals surface area (Å²) in [4.78, 5) is 13.7. The van der Waals surface area contributed by atoms with Crippen molar-refractivity contribution in [1.29, 1.82) is 0 Å². The molecule has 2 heterocycles. The van der Waals surface area contributed by atoms with Gasteiger partial charge in [0.05, 0.1) is 13.7 Å². The first-order valence-corrected chi connectivity index (χ1v) is 6.69. The number of ether oxygens (including phenoxy) is 1. The van der Waals surface area contributed by atoms with Crippen LogP contribution in [0.15, 0.2) is 10.5 Å². The summed E-state index contributed by atoms with van der Waals surface area (Å²) in [7, 11) is 3.43. The van der Waals surface area contributed by atoms with Crippen LogP contribution in [-0.2, 0) is 11.3 Å². The van der Waals surface area contributed by atoms with Crippen LogP contribution in [-0.4, -0.2) is 44.2 Å². The Morgan fingerprint density at radius 3 is 3.05 bits per heavy atom. The first-order valence-electron chi connectivity index (χ1n) is 6.69. The second kappa shape index (κ2) is 6.21. The van der Waals surface area contributed by atoms with Crippen molar-refractivity contribution in [3.63, 3.8) is 0 Å². The van der Waals surface area contributed by atoms with Gasteiger partial charge in [-0.05, 0) is 39.4 Å². The van der Waals surface area contributed by atoms with Crippen LogP contribution in [0.25, 0.3) is 0 Å². The fourth-order valence-electron chi connectivity index (χ4n) is 2.54. The molecule has 106 valence electrons. The van der Waals surface area contributed by atoms with Gasteiger partial charge in [0.2, 0.25) is 5.76 Å². The second-order valence-corrected chi connectivity index (χ2v) is 5.21. The average molecular weight is 266 g/mol. The van der Waals surface area contributed by atoms with Gasteiger partial charge in [0, 0.05) is 18.2 Å². The number of carbonyl (C=O) groups is 1. The van der Waals surface area contributed by atoms with Crippen LogP contribution in [0.2, 0.25) is 0 Å². The second-order valence-electron chi connectivity index (χ2n) is 5.21. The minimum atomic E-state index is -0.413. The molecule has 1 fully saturated rings. The first-order chi connectivity index (χ1) is 9.10. The maximum Gasteiger partial charge on any atom is 0.374 e. The predicted molar refractivity (Wildman–Crippen MR) is 72.1 cm³/mol. The van der Waals surface area contributed by atoms with Gasteiger partial charge in [-0.2, -0.15) is 0 Å². The lowest BCUT2D eigenvalue weighted by molar-refractivity contribution is 0.0560. The number of furan rings is 1. The molecular weight excluding hydrogens is 244 g/mol. The molecule has 1 atom stereocenters. The van der Waals surface area contributed by atoms with E-state index in [1.165, 1.54) is 20.0 Å². The minimum absolute atomic E-state index is 0.310. The highest BCUT2D eigenvalue weighted by Crippen LogP contribution is 2.17. The molecular formula is C14H22N2O3. The maximum absolute atomic E-state index is 11.5. The zero-order valence-corrected chi connectivity index (χ0v) is 11.9. The third kappa shape index (κ3) is 3.58. The molecule has 0 aromatic carbocycles. The zero-order valence-electron chi connectivity index (χ0n) is 11.9. The predicted octanol–water partition coefficient (Wildman–Crippen LogP) is 1.56. The van der Waals surface area contributed by atoms with E-state index >= 15 is 0 Å². The van der Waals surface area contributed by atoms with E-state index in [-0.39, 0.29) is 0 Å². The lowest BCUT2D eigenvalue weighted by atomic mass is 10.2. The van der Waals surface area contributed by atoms with Crippen molar-refractivity contribution in [2.75, 3.05) is 27.2 Å². The molecule has 1 aliphatic rings. The Kier molecular flexibility index (Phi) is 4.61. The number of carbonyl (C=O) groups excluding carboxylic acids is 1. The van der Waals surface area contributed by atoms with Crippen molar-refractivity contribution in [1.82, 2.24) is 10.2 Å². The van der Waals surface area contributed by atoms with Crippen molar-refractivity contribution in [2.45, 2.75) is 32.4 Å². The van der Waals surface area contributed by atoms with Gasteiger partial charge in [0.15, 0.2) is 0 Å². The molecule has 0 aliphatic carbocycles. The summed E-state index contributed by atoms with van der Waals surface area (Å²) in [6, 6.07) is 2.48. The Bertz CT molecular complexity index is 436. The molecule has 0 amide bonds. The zero-order chi connectivity index (χ0) is 13.8. The molecule has 5 heteroatoms. The van der Waals surface area contributed by atoms with E-state index < -0.39 is 5.97 Å². The van der Waals surface area contributed by atoms with Crippen LogP contribution in [0.5, 0.6) is 0 Å². The molecule has 19 heavy (non-hydrogen) atoms. The molecule has 1 aliphatic heterocycles. The summed E-state index contributed by atoms with van der Waals surface area (Å²) in [6.07, 6.45) is 2.49. The lowest BCUT2D eigenvalue weighted by Crippen LogP contribution is -2.34. The van der Waals surface area contributed by atoms with Gasteiger partial charge < -0.3 is 14.5 Å². The maximum atomic E-state index is 11.5. The summed E-state index contributed by atoms with van der Waals surface area (Å²) in [5.74, 6) is 0.701. The molecule has 0 bridgehead atoms. The largest absolute Gasteiger partial charge is 0.463 e. The van der Waals surface area contributed by atoms with E-state index in [1.54, 1.807) is 0 Å². The summed E-state index contributed by atoms with van der Waals surface area (Å²) in [5, 5.41) is 3.47. The van der Waals surface area contributed by atoms with E-state index in [9.17, 15) is 4.79 Å². The fraction of sp³-hybridized carbons (Fsp3) is 0.643. The molecule has 5 nitrogen and oxygen atoms in total. The standard InChI is InChI=1S/C14H22N2O3/c1-10-7-12(19-13(10)14(17)18-3)9-16(2)8-11-5-4-6-15-11/h7,11,15H,4-6,8-9H2,1-3H3. The van der Waals surface area contributed by atoms with Gasteiger partial charge in [0.1, 0.15) is 5.76 Å². The summed E-state index contributed by atoms with van der Waals surface area (Å²) in [6.45, 7) is 4.67. The molecule has 1 aromatic heterocycles. The Morgan fingerprint density at radius 1 is 1.63 bits per heavy atom. The van der Waals surface area contributed by atoms with Crippen molar-refractivity contribution < 1.29 is 13.9 Å². The van der Waals surface area contributed by atoms with E-state index in [4.69, 9.17) is 4.42 Å². The summed E-state index contributed by atoms with van der Waals surface area (Å²) >= 11 is 0. The van der Waals surface area contributed by atoms with E-state index in [0.717, 1.165) is 24.4 Å². The van der Waals surface area contributed by atoms with Crippen LogP contribution in [0, 0.1) is 6.92 Å². The van der Waals surface area contributed by atoms with Gasteiger partial charge in [-0.3, -0.25) is 4.90 Å². The molecule has 0 radical (unpaired) electrons. The highest BCUT2D eigenvalue weighted by atomic mass is 16.5. The highest BCUT2D eigenvalue weighted by Gasteiger charge is 2.19. The molecule has 1 saturated heterocycles. The summed E-state index contributed by atoms with van der Waals surface area (Å²) < 4.78 is 10.3. The molecule has 1 aromatic rings. The van der Waals surface area contributed by atoms with Gasteiger partial charge in [-0.1, -0.05) is 0 Å². The Hall–Kier alpha value is -1.33. The normalized spacial score (nSPS) is 19.1. The third-order valence-corrected chi connectivity index (χ3v) is 3.46. The number of esters is 1. The quantitative estimate of drug-likeness (QED) is 0.820. The SMILES string of the molecule is COC(=O)c1oc(CN(C)CC2CCCN2)cc1C. The van der Waals surface area contributed by atoms with E-state index in [2.05, 4.69) is 22.0 Å². The van der Waals surface area contributed by atoms with Crippen LogP contribution in [0.3, 0.4) is 0 Å². The number of rotatable bonds is 5. The number of hydrogen-bond donors (Lipinski definition) is 1. The smallest absolute Gasteiger partial charge is 0.374 e. The monoisotopic (exact) mass is 266 g/mol. The Morgan fingerprint density at radius 2 is 2.42 bits per heavy atom. The van der Waals surface area contributed by atoms with Gasteiger partial charge in [-0.15, -0.1) is 0 Å². The van der Waals surface area contributed by atoms with Crippen molar-refractivity contribution in [3.05, 3.63) is 23.2 Å². The van der Waals surface area contributed by atoms with Crippen molar-refractivity contribution in [2.24, 2.45) is 0 Å². The first kappa shape index (κ1) is 14.1. The van der Waals surface area contributed by atoms with Crippen LogP contribution in [0.1, 0.15) is 34.7 Å². The molecule has 2 rings (SSSR count). The molecule has 1 unspecified atom stereocenters. The minimum Gasteiger partial charge on any atom is -0.463 e. The van der Waals surface area contributed by atoms with Crippen LogP contribution >= 0.6 is 0 Å². The Labute approximate surface area is 113 Å². The van der Waals surface area contributed by atoms with Crippen molar-refractivity contribution >= 4 is 5.97 Å². The highest BCUT2D eigenvalue weighted by molar-refractivity contribution is 5.87. The molecule has 0 saturated carbocycles. The summed E-state index contributed by atoms with van der Waals surface area (Å²) in [5.41, 5.74) is 0.828. The Balaban J connectivity index is 1.93. The van der Waals surface area contributed by atoms with Crippen LogP contribution < -0.4 is 5.32 Å². The van der Waals surface area contributed by atoms with Gasteiger partial charge in [-0.25, -0.2) is 4.79 Å².